The van der Waals surface area contributed by atoms with Gasteiger partial charge in [-0.15, -0.1) is 0 Å². The third-order valence-electron chi connectivity index (χ3n) is 5.27. The molecule has 1 unspecified atom stereocenters. The Bertz CT molecular complexity index is 629. The molecule has 2 fully saturated rings. The molecular weight excluding hydrogens is 306 g/mol. The van der Waals surface area contributed by atoms with Crippen LogP contribution >= 0.6 is 0 Å². The number of nitrogens with zero attached hydrogens (tertiary/aromatic N) is 1. The highest BCUT2D eigenvalue weighted by Gasteiger charge is 2.52. The largest absolute Gasteiger partial charge is 0.490 e. The van der Waals surface area contributed by atoms with E-state index in [9.17, 15) is 14.7 Å². The standard InChI is InChI=1S/C19H25NO4/c1-13-6-5-7-14(2)17(13)24-12-15(21)11-20-16(22)10-19(18(20)23)8-3-4-9-19/h5-7,15,21H,3-4,8-12H2,1-2H3. The Labute approximate surface area is 142 Å². The Morgan fingerprint density at radius 3 is 2.46 bits per heavy atom. The van der Waals surface area contributed by atoms with Crippen molar-refractivity contribution in [3.8, 4) is 5.75 Å². The normalized spacial score (nSPS) is 20.9. The first-order valence-corrected chi connectivity index (χ1v) is 8.65. The summed E-state index contributed by atoms with van der Waals surface area (Å²) in [6.07, 6.45) is 3.02. The molecule has 24 heavy (non-hydrogen) atoms. The van der Waals surface area contributed by atoms with Gasteiger partial charge < -0.3 is 9.84 Å². The number of likely N-dealkylation sites (tertiary alicyclic amines) is 1. The molecule has 2 aliphatic rings. The number of benzene rings is 1. The van der Waals surface area contributed by atoms with Gasteiger partial charge in [-0.2, -0.15) is 0 Å². The smallest absolute Gasteiger partial charge is 0.235 e. The highest BCUT2D eigenvalue weighted by Crippen LogP contribution is 2.46. The number of hydrogen-bond donors (Lipinski definition) is 1. The summed E-state index contributed by atoms with van der Waals surface area (Å²) < 4.78 is 5.73. The first-order chi connectivity index (χ1) is 11.4. The van der Waals surface area contributed by atoms with Gasteiger partial charge in [0, 0.05) is 6.42 Å². The van der Waals surface area contributed by atoms with Crippen LogP contribution in [0, 0.1) is 19.3 Å². The number of imide groups is 1. The molecular formula is C19H25NO4. The molecule has 0 radical (unpaired) electrons. The molecule has 1 aromatic rings. The Morgan fingerprint density at radius 2 is 1.83 bits per heavy atom. The second-order valence-corrected chi connectivity index (χ2v) is 7.16. The molecule has 130 valence electrons. The van der Waals surface area contributed by atoms with Crippen molar-refractivity contribution in [2.24, 2.45) is 5.41 Å². The number of aliphatic hydroxyl groups excluding tert-OH is 1. The van der Waals surface area contributed by atoms with Crippen LogP contribution in [0.5, 0.6) is 5.75 Å². The number of carbonyl (C=O) groups is 2. The fourth-order valence-corrected chi connectivity index (χ4v) is 3.96. The van der Waals surface area contributed by atoms with Crippen molar-refractivity contribution in [2.45, 2.75) is 52.1 Å². The molecule has 3 rings (SSSR count). The maximum absolute atomic E-state index is 12.6. The zero-order valence-corrected chi connectivity index (χ0v) is 14.4. The van der Waals surface area contributed by atoms with Crippen molar-refractivity contribution in [3.05, 3.63) is 29.3 Å². The third-order valence-corrected chi connectivity index (χ3v) is 5.27. The lowest BCUT2D eigenvalue weighted by molar-refractivity contribution is -0.143. The van der Waals surface area contributed by atoms with E-state index in [-0.39, 0.29) is 25.0 Å². The monoisotopic (exact) mass is 331 g/mol. The Balaban J connectivity index is 1.60. The van der Waals surface area contributed by atoms with Crippen molar-refractivity contribution in [2.75, 3.05) is 13.2 Å². The predicted octanol–water partition coefficient (Wildman–Crippen LogP) is 2.36. The molecule has 5 nitrogen and oxygen atoms in total. The lowest BCUT2D eigenvalue weighted by atomic mass is 9.84. The predicted molar refractivity (Wildman–Crippen MR) is 89.7 cm³/mol. The van der Waals surface area contributed by atoms with Crippen LogP contribution in [0.15, 0.2) is 18.2 Å². The van der Waals surface area contributed by atoms with E-state index in [2.05, 4.69) is 0 Å². The lowest BCUT2D eigenvalue weighted by Crippen LogP contribution is -2.41. The van der Waals surface area contributed by atoms with Gasteiger partial charge >= 0.3 is 0 Å². The molecule has 0 aromatic heterocycles. The molecule has 1 aliphatic carbocycles. The maximum Gasteiger partial charge on any atom is 0.235 e. The highest BCUT2D eigenvalue weighted by molar-refractivity contribution is 6.06. The van der Waals surface area contributed by atoms with Gasteiger partial charge in [0.25, 0.3) is 0 Å². The minimum Gasteiger partial charge on any atom is -0.490 e. The van der Waals surface area contributed by atoms with Crippen LogP contribution in [0.1, 0.15) is 43.2 Å². The summed E-state index contributed by atoms with van der Waals surface area (Å²) in [6, 6.07) is 5.86. The van der Waals surface area contributed by atoms with Gasteiger partial charge in [-0.3, -0.25) is 14.5 Å². The minimum atomic E-state index is -0.881. The van der Waals surface area contributed by atoms with E-state index < -0.39 is 11.5 Å². The van der Waals surface area contributed by atoms with E-state index in [1.807, 2.05) is 32.0 Å². The van der Waals surface area contributed by atoms with Crippen LogP contribution < -0.4 is 4.74 Å². The van der Waals surface area contributed by atoms with E-state index in [1.165, 1.54) is 4.90 Å². The number of aryl methyl sites for hydroxylation is 2. The number of amides is 2. The highest BCUT2D eigenvalue weighted by atomic mass is 16.5. The number of carbonyl (C=O) groups excluding carboxylic acids is 2. The van der Waals surface area contributed by atoms with E-state index >= 15 is 0 Å². The van der Waals surface area contributed by atoms with Crippen LogP contribution in [0.25, 0.3) is 0 Å². The first kappa shape index (κ1) is 17.0. The molecule has 1 aromatic carbocycles. The molecule has 1 spiro atoms. The molecule has 0 bridgehead atoms. The molecule has 1 aliphatic heterocycles. The van der Waals surface area contributed by atoms with E-state index in [0.717, 1.165) is 42.6 Å². The van der Waals surface area contributed by atoms with Crippen LogP contribution in [0.3, 0.4) is 0 Å². The van der Waals surface area contributed by atoms with Crippen molar-refractivity contribution in [3.63, 3.8) is 0 Å². The summed E-state index contributed by atoms with van der Waals surface area (Å²) in [4.78, 5) is 26.1. The Hall–Kier alpha value is -1.88. The topological polar surface area (TPSA) is 66.8 Å². The average molecular weight is 331 g/mol. The number of para-hydroxylation sites is 1. The molecule has 5 heteroatoms. The van der Waals surface area contributed by atoms with Gasteiger partial charge in [0.15, 0.2) is 0 Å². The van der Waals surface area contributed by atoms with Crippen LogP contribution in [-0.4, -0.2) is 41.1 Å². The maximum atomic E-state index is 12.6. The van der Waals surface area contributed by atoms with Gasteiger partial charge in [-0.05, 0) is 37.8 Å². The van der Waals surface area contributed by atoms with E-state index in [4.69, 9.17) is 4.74 Å². The number of rotatable bonds is 5. The summed E-state index contributed by atoms with van der Waals surface area (Å²) in [5.74, 6) is 0.493. The zero-order valence-electron chi connectivity index (χ0n) is 14.4. The van der Waals surface area contributed by atoms with E-state index in [1.54, 1.807) is 0 Å². The van der Waals surface area contributed by atoms with Crippen LogP contribution in [-0.2, 0) is 9.59 Å². The summed E-state index contributed by atoms with van der Waals surface area (Å²) in [6.45, 7) is 3.98. The SMILES string of the molecule is Cc1cccc(C)c1OCC(O)CN1C(=O)CC2(CCCC2)C1=O. The van der Waals surface area contributed by atoms with Crippen LogP contribution in [0.4, 0.5) is 0 Å². The molecule has 1 saturated heterocycles. The second-order valence-electron chi connectivity index (χ2n) is 7.16. The average Bonchev–Trinajstić information content (AvgIpc) is 3.08. The Morgan fingerprint density at radius 1 is 1.21 bits per heavy atom. The van der Waals surface area contributed by atoms with Crippen molar-refractivity contribution in [1.82, 2.24) is 4.90 Å². The number of hydrogen-bond acceptors (Lipinski definition) is 4. The minimum absolute atomic E-state index is 0.0182. The molecule has 2 amide bonds. The third kappa shape index (κ3) is 3.05. The first-order valence-electron chi connectivity index (χ1n) is 8.65. The molecule has 1 heterocycles. The summed E-state index contributed by atoms with van der Waals surface area (Å²) in [5, 5.41) is 10.2. The number of ether oxygens (including phenoxy) is 1. The summed E-state index contributed by atoms with van der Waals surface area (Å²) >= 11 is 0. The second kappa shape index (κ2) is 6.55. The summed E-state index contributed by atoms with van der Waals surface area (Å²) in [7, 11) is 0. The number of β-amino-alcohol motifs (C(OH)–C–C–N with tert-alkyl or cyclic N) is 1. The Kier molecular flexibility index (Phi) is 4.63. The molecule has 1 saturated carbocycles. The fraction of sp³-hybridized carbons (Fsp3) is 0.579. The number of aliphatic hydroxyl groups is 1. The van der Waals surface area contributed by atoms with Gasteiger partial charge in [-0.25, -0.2) is 0 Å². The molecule has 1 atom stereocenters. The van der Waals surface area contributed by atoms with Crippen molar-refractivity contribution >= 4 is 11.8 Å². The van der Waals surface area contributed by atoms with Gasteiger partial charge in [0.2, 0.25) is 11.8 Å². The lowest BCUT2D eigenvalue weighted by Gasteiger charge is -2.23. The molecule has 1 N–H and O–H groups in total. The van der Waals surface area contributed by atoms with Gasteiger partial charge in [0.05, 0.1) is 12.0 Å². The summed E-state index contributed by atoms with van der Waals surface area (Å²) in [5.41, 5.74) is 1.52. The van der Waals surface area contributed by atoms with Gasteiger partial charge in [0.1, 0.15) is 18.5 Å². The van der Waals surface area contributed by atoms with Crippen LogP contribution in [0.2, 0.25) is 0 Å². The quantitative estimate of drug-likeness (QED) is 0.841. The van der Waals surface area contributed by atoms with Gasteiger partial charge in [-0.1, -0.05) is 31.0 Å². The fourth-order valence-electron chi connectivity index (χ4n) is 3.96. The van der Waals surface area contributed by atoms with E-state index in [0.29, 0.717) is 6.42 Å². The zero-order chi connectivity index (χ0) is 17.3. The van der Waals surface area contributed by atoms with Crippen molar-refractivity contribution < 1.29 is 19.4 Å². The van der Waals surface area contributed by atoms with Crippen molar-refractivity contribution in [1.29, 1.82) is 0 Å².